The number of halogens is 6. The lowest BCUT2D eigenvalue weighted by atomic mass is 9.89. The molecule has 6 nitrogen and oxygen atoms in total. The Bertz CT molecular complexity index is 1220. The fraction of sp³-hybridized carbons (Fsp3) is 0.318. The lowest BCUT2D eigenvalue weighted by molar-refractivity contribution is -0.275. The van der Waals surface area contributed by atoms with Crippen LogP contribution in [0.4, 0.5) is 17.6 Å². The number of hydrogen-bond acceptors (Lipinski definition) is 5. The number of nitrogens with one attached hydrogen (secondary N) is 1. The summed E-state index contributed by atoms with van der Waals surface area (Å²) in [6.45, 7) is 2.04. The molecule has 178 valence electrons. The van der Waals surface area contributed by atoms with Crippen molar-refractivity contribution in [2.24, 2.45) is 5.16 Å². The molecule has 0 saturated heterocycles. The minimum absolute atomic E-state index is 0.0250. The molecular weight excluding hydrogens is 499 g/mol. The maximum Gasteiger partial charge on any atom is 0.435 e. The lowest BCUT2D eigenvalue weighted by Crippen LogP contribution is -2.44. The predicted octanol–water partition coefficient (Wildman–Crippen LogP) is 4.79. The Hall–Kier alpha value is -3.03. The summed E-state index contributed by atoms with van der Waals surface area (Å²) in [5, 5.41) is 5.18. The third-order valence-electron chi connectivity index (χ3n) is 5.62. The standard InChI is InChI=1S/C22H16Cl2F4N4O2/c1-3-11(2)30-20(33)17-4-12-9-32(10-13(12)8-29-17)18-7-21(34-31-18,22(26,27)28)14-5-15(23)19(25)16(24)6-14/h1,4-6,8,11H,7,9-10H2,2H3,(H,30,33). The quantitative estimate of drug-likeness (QED) is 0.363. The molecule has 12 heteroatoms. The largest absolute Gasteiger partial charge is 0.435 e. The van der Waals surface area contributed by atoms with E-state index >= 15 is 0 Å². The van der Waals surface area contributed by atoms with Gasteiger partial charge in [0.05, 0.1) is 22.5 Å². The van der Waals surface area contributed by atoms with E-state index in [1.54, 1.807) is 17.9 Å². The van der Waals surface area contributed by atoms with Crippen molar-refractivity contribution >= 4 is 34.9 Å². The molecular formula is C22H16Cl2F4N4O2. The summed E-state index contributed by atoms with van der Waals surface area (Å²) in [5.41, 5.74) is -1.79. The first-order chi connectivity index (χ1) is 15.9. The third-order valence-corrected chi connectivity index (χ3v) is 6.17. The minimum atomic E-state index is -4.91. The summed E-state index contributed by atoms with van der Waals surface area (Å²) in [5.74, 6) is 0.915. The molecule has 2 atom stereocenters. The summed E-state index contributed by atoms with van der Waals surface area (Å²) in [6, 6.07) is 2.73. The van der Waals surface area contributed by atoms with Crippen LogP contribution in [0, 0.1) is 18.2 Å². The average Bonchev–Trinajstić information content (AvgIpc) is 3.41. The highest BCUT2D eigenvalue weighted by atomic mass is 35.5. The number of pyridine rings is 1. The Morgan fingerprint density at radius 1 is 1.26 bits per heavy atom. The number of hydrogen-bond donors (Lipinski definition) is 1. The molecule has 1 amide bonds. The van der Waals surface area contributed by atoms with E-state index in [0.717, 1.165) is 17.7 Å². The zero-order valence-corrected chi connectivity index (χ0v) is 19.0. The van der Waals surface area contributed by atoms with E-state index in [1.165, 1.54) is 6.20 Å². The van der Waals surface area contributed by atoms with Crippen LogP contribution in [0.5, 0.6) is 0 Å². The fourth-order valence-corrected chi connectivity index (χ4v) is 4.23. The number of carbonyl (C=O) groups is 1. The monoisotopic (exact) mass is 514 g/mol. The van der Waals surface area contributed by atoms with Crippen LogP contribution < -0.4 is 5.32 Å². The average molecular weight is 515 g/mol. The van der Waals surface area contributed by atoms with Crippen molar-refractivity contribution in [3.05, 3.63) is 62.6 Å². The van der Waals surface area contributed by atoms with Gasteiger partial charge in [-0.25, -0.2) is 4.39 Å². The van der Waals surface area contributed by atoms with Crippen LogP contribution in [0.2, 0.25) is 10.0 Å². The number of rotatable bonds is 3. The van der Waals surface area contributed by atoms with Gasteiger partial charge in [0.2, 0.25) is 0 Å². The van der Waals surface area contributed by atoms with Gasteiger partial charge in [-0.2, -0.15) is 13.2 Å². The highest BCUT2D eigenvalue weighted by molar-refractivity contribution is 6.35. The molecule has 2 unspecified atom stereocenters. The number of fused-ring (bicyclic) bond motifs is 1. The number of aromatic nitrogens is 1. The first-order valence-electron chi connectivity index (χ1n) is 9.91. The van der Waals surface area contributed by atoms with Crippen molar-refractivity contribution in [2.45, 2.75) is 44.3 Å². The van der Waals surface area contributed by atoms with E-state index < -0.39 is 51.6 Å². The number of amidine groups is 1. The molecule has 0 aliphatic carbocycles. The molecule has 1 aromatic carbocycles. The van der Waals surface area contributed by atoms with Crippen LogP contribution in [0.25, 0.3) is 0 Å². The van der Waals surface area contributed by atoms with Crippen molar-refractivity contribution in [2.75, 3.05) is 0 Å². The van der Waals surface area contributed by atoms with Crippen molar-refractivity contribution in [3.63, 3.8) is 0 Å². The van der Waals surface area contributed by atoms with Crippen LogP contribution in [0.3, 0.4) is 0 Å². The van der Waals surface area contributed by atoms with Gasteiger partial charge >= 0.3 is 6.18 Å². The van der Waals surface area contributed by atoms with Crippen LogP contribution in [-0.4, -0.2) is 33.8 Å². The number of alkyl halides is 3. The molecule has 0 saturated carbocycles. The summed E-state index contributed by atoms with van der Waals surface area (Å²) in [6.07, 6.45) is 1.16. The SMILES string of the molecule is C#CC(C)NC(=O)c1cc2c(cn1)CN(C1=NOC(c3cc(Cl)c(F)c(Cl)c3)(C(F)(F)F)C1)C2. The number of terminal acetylenes is 1. The first-order valence-corrected chi connectivity index (χ1v) is 10.7. The Morgan fingerprint density at radius 3 is 2.53 bits per heavy atom. The van der Waals surface area contributed by atoms with Crippen molar-refractivity contribution in [1.29, 1.82) is 0 Å². The van der Waals surface area contributed by atoms with Gasteiger partial charge in [0, 0.05) is 24.8 Å². The van der Waals surface area contributed by atoms with Gasteiger partial charge in [-0.05, 0) is 36.2 Å². The zero-order valence-electron chi connectivity index (χ0n) is 17.5. The van der Waals surface area contributed by atoms with Gasteiger partial charge in [-0.15, -0.1) is 6.42 Å². The second kappa shape index (κ2) is 8.64. The molecule has 1 N–H and O–H groups in total. The second-order valence-corrected chi connectivity index (χ2v) is 8.72. The minimum Gasteiger partial charge on any atom is -0.372 e. The molecule has 0 bridgehead atoms. The van der Waals surface area contributed by atoms with Gasteiger partial charge in [-0.1, -0.05) is 34.3 Å². The number of benzene rings is 1. The lowest BCUT2D eigenvalue weighted by Gasteiger charge is -2.30. The Labute approximate surface area is 201 Å². The summed E-state index contributed by atoms with van der Waals surface area (Å²) in [7, 11) is 0. The smallest absolute Gasteiger partial charge is 0.372 e. The van der Waals surface area contributed by atoms with Crippen LogP contribution in [0.15, 0.2) is 29.6 Å². The predicted molar refractivity (Wildman–Crippen MR) is 117 cm³/mol. The Morgan fingerprint density at radius 2 is 1.91 bits per heavy atom. The number of oxime groups is 1. The number of nitrogens with zero attached hydrogens (tertiary/aromatic N) is 3. The van der Waals surface area contributed by atoms with Crippen LogP contribution in [-0.2, 0) is 23.5 Å². The van der Waals surface area contributed by atoms with E-state index in [9.17, 15) is 22.4 Å². The van der Waals surface area contributed by atoms with Gasteiger partial charge in [0.1, 0.15) is 11.5 Å². The molecule has 34 heavy (non-hydrogen) atoms. The molecule has 0 radical (unpaired) electrons. The molecule has 0 spiro atoms. The highest BCUT2D eigenvalue weighted by Crippen LogP contribution is 2.50. The van der Waals surface area contributed by atoms with Gasteiger partial charge in [-0.3, -0.25) is 9.78 Å². The van der Waals surface area contributed by atoms with Crippen LogP contribution >= 0.6 is 23.2 Å². The third kappa shape index (κ3) is 4.14. The van der Waals surface area contributed by atoms with Crippen molar-refractivity contribution in [1.82, 2.24) is 15.2 Å². The molecule has 0 fully saturated rings. The molecule has 1 aromatic heterocycles. The Kier molecular flexibility index (Phi) is 6.12. The topological polar surface area (TPSA) is 66.8 Å². The first kappa shape index (κ1) is 24.1. The summed E-state index contributed by atoms with van der Waals surface area (Å²) >= 11 is 11.5. The van der Waals surface area contributed by atoms with E-state index in [2.05, 4.69) is 21.4 Å². The van der Waals surface area contributed by atoms with E-state index in [-0.39, 0.29) is 24.6 Å². The van der Waals surface area contributed by atoms with Gasteiger partial charge < -0.3 is 15.1 Å². The highest BCUT2D eigenvalue weighted by Gasteiger charge is 2.63. The number of amides is 1. The van der Waals surface area contributed by atoms with Gasteiger partial charge in [0.25, 0.3) is 11.5 Å². The molecule has 4 rings (SSSR count). The number of carbonyl (C=O) groups excluding carboxylic acids is 1. The second-order valence-electron chi connectivity index (χ2n) is 7.91. The maximum atomic E-state index is 14.2. The van der Waals surface area contributed by atoms with Crippen molar-refractivity contribution in [3.8, 4) is 12.3 Å². The van der Waals surface area contributed by atoms with Crippen molar-refractivity contribution < 1.29 is 27.2 Å². The fourth-order valence-electron chi connectivity index (χ4n) is 3.75. The zero-order chi connectivity index (χ0) is 24.8. The normalized spacial score (nSPS) is 20.3. The molecule has 3 heterocycles. The maximum absolute atomic E-state index is 14.2. The summed E-state index contributed by atoms with van der Waals surface area (Å²) < 4.78 is 56.4. The van der Waals surface area contributed by atoms with E-state index in [4.69, 9.17) is 34.5 Å². The van der Waals surface area contributed by atoms with Gasteiger partial charge in [0.15, 0.2) is 5.82 Å². The Balaban J connectivity index is 1.57. The van der Waals surface area contributed by atoms with E-state index in [1.807, 2.05) is 0 Å². The molecule has 2 aromatic rings. The molecule has 2 aliphatic heterocycles. The molecule has 2 aliphatic rings. The van der Waals surface area contributed by atoms with Crippen LogP contribution in [0.1, 0.15) is 40.5 Å². The van der Waals surface area contributed by atoms with E-state index in [0.29, 0.717) is 5.56 Å². The summed E-state index contributed by atoms with van der Waals surface area (Å²) in [4.78, 5) is 22.9.